The number of nitrogens with one attached hydrogen (secondary N) is 2. The van der Waals surface area contributed by atoms with Crippen LogP contribution in [0.25, 0.3) is 0 Å². The van der Waals surface area contributed by atoms with Gasteiger partial charge < -0.3 is 15.5 Å². The largest absolute Gasteiger partial charge is 0.480 e. The lowest BCUT2D eigenvalue weighted by molar-refractivity contribution is -0.142. The Hall–Kier alpha value is -2.12. The van der Waals surface area contributed by atoms with Crippen LogP contribution < -0.4 is 10.6 Å². The van der Waals surface area contributed by atoms with Crippen molar-refractivity contribution < 1.29 is 24.6 Å². The predicted molar refractivity (Wildman–Crippen MR) is 89.2 cm³/mol. The molecule has 24 heavy (non-hydrogen) atoms. The quantitative estimate of drug-likeness (QED) is 0.534. The standard InChI is InChI=1S/C16H21ClN2O5/c1-9(2)6-12(15(21)22)19-13(16(23)24)8-18-14(20)10-4-3-5-11(17)7-10/h3-5,7,9,12-13,19H,6,8H2,1-2H3,(H,18,20)(H,21,22)(H,23,24)/t12-,13-/m0/s1. The van der Waals surface area contributed by atoms with Crippen molar-refractivity contribution in [2.24, 2.45) is 5.92 Å². The molecule has 0 radical (unpaired) electrons. The molecule has 0 aliphatic rings. The lowest BCUT2D eigenvalue weighted by Gasteiger charge is -2.22. The summed E-state index contributed by atoms with van der Waals surface area (Å²) in [5, 5.41) is 23.8. The number of aliphatic carboxylic acids is 2. The van der Waals surface area contributed by atoms with Gasteiger partial charge in [-0.05, 0) is 30.5 Å². The Kier molecular flexibility index (Phi) is 7.67. The summed E-state index contributed by atoms with van der Waals surface area (Å²) in [4.78, 5) is 34.6. The molecule has 132 valence electrons. The lowest BCUT2D eigenvalue weighted by atomic mass is 10.0. The van der Waals surface area contributed by atoms with E-state index in [1.54, 1.807) is 18.2 Å². The molecule has 0 unspecified atom stereocenters. The van der Waals surface area contributed by atoms with Crippen LogP contribution in [0.4, 0.5) is 0 Å². The fourth-order valence-electron chi connectivity index (χ4n) is 2.10. The molecule has 8 heteroatoms. The summed E-state index contributed by atoms with van der Waals surface area (Å²) in [7, 11) is 0. The summed E-state index contributed by atoms with van der Waals surface area (Å²) in [6.45, 7) is 3.44. The van der Waals surface area contributed by atoms with Gasteiger partial charge in [0, 0.05) is 17.1 Å². The lowest BCUT2D eigenvalue weighted by Crippen LogP contribution is -2.52. The molecule has 0 aromatic heterocycles. The highest BCUT2D eigenvalue weighted by Gasteiger charge is 2.27. The van der Waals surface area contributed by atoms with Crippen molar-refractivity contribution in [2.75, 3.05) is 6.54 Å². The number of hydrogen-bond donors (Lipinski definition) is 4. The van der Waals surface area contributed by atoms with Gasteiger partial charge >= 0.3 is 11.9 Å². The van der Waals surface area contributed by atoms with E-state index in [9.17, 15) is 24.6 Å². The first kappa shape index (κ1) is 19.9. The number of carboxylic acids is 2. The summed E-state index contributed by atoms with van der Waals surface area (Å²) in [5.41, 5.74) is 0.295. The van der Waals surface area contributed by atoms with E-state index in [4.69, 9.17) is 11.6 Å². The Bertz CT molecular complexity index is 606. The number of hydrogen-bond acceptors (Lipinski definition) is 4. The first-order chi connectivity index (χ1) is 11.2. The SMILES string of the molecule is CC(C)C[C@H](N[C@@H](CNC(=O)c1cccc(Cl)c1)C(=O)O)C(=O)O. The number of amides is 1. The van der Waals surface area contributed by atoms with Crippen LogP contribution in [0.5, 0.6) is 0 Å². The molecule has 0 aliphatic heterocycles. The van der Waals surface area contributed by atoms with Gasteiger partial charge in [0.25, 0.3) is 5.91 Å². The number of halogens is 1. The number of carbonyl (C=O) groups is 3. The fourth-order valence-corrected chi connectivity index (χ4v) is 2.29. The summed E-state index contributed by atoms with van der Waals surface area (Å²) < 4.78 is 0. The van der Waals surface area contributed by atoms with Crippen LogP contribution in [0, 0.1) is 5.92 Å². The minimum atomic E-state index is -1.24. The van der Waals surface area contributed by atoms with Crippen LogP contribution in [0.2, 0.25) is 5.02 Å². The summed E-state index contributed by atoms with van der Waals surface area (Å²) in [5.74, 6) is -2.78. The molecular formula is C16H21ClN2O5. The summed E-state index contributed by atoms with van der Waals surface area (Å²) >= 11 is 5.80. The van der Waals surface area contributed by atoms with Gasteiger partial charge in [-0.25, -0.2) is 0 Å². The van der Waals surface area contributed by atoms with E-state index in [0.717, 1.165) is 0 Å². The Morgan fingerprint density at radius 2 is 1.75 bits per heavy atom. The Balaban J connectivity index is 2.70. The van der Waals surface area contributed by atoms with Gasteiger partial charge in [-0.3, -0.25) is 19.7 Å². The zero-order chi connectivity index (χ0) is 18.3. The number of carbonyl (C=O) groups excluding carboxylic acids is 1. The van der Waals surface area contributed by atoms with E-state index in [-0.39, 0.29) is 18.9 Å². The molecule has 2 atom stereocenters. The van der Waals surface area contributed by atoms with Crippen molar-refractivity contribution in [2.45, 2.75) is 32.4 Å². The van der Waals surface area contributed by atoms with Crippen LogP contribution in [-0.2, 0) is 9.59 Å². The summed E-state index contributed by atoms with van der Waals surface area (Å²) in [6.07, 6.45) is 0.279. The van der Waals surface area contributed by atoms with Crippen LogP contribution in [0.1, 0.15) is 30.6 Å². The molecular weight excluding hydrogens is 336 g/mol. The first-order valence-corrected chi connectivity index (χ1v) is 7.84. The molecule has 1 rings (SSSR count). The number of carboxylic acid groups (broad SMARTS) is 2. The second-order valence-corrected chi connectivity index (χ2v) is 6.23. The number of benzene rings is 1. The molecule has 1 aromatic rings. The van der Waals surface area contributed by atoms with Gasteiger partial charge in [0.1, 0.15) is 12.1 Å². The van der Waals surface area contributed by atoms with Gasteiger partial charge in [0.2, 0.25) is 0 Å². The molecule has 0 saturated carbocycles. The maximum absolute atomic E-state index is 12.0. The molecule has 4 N–H and O–H groups in total. The monoisotopic (exact) mass is 356 g/mol. The fraction of sp³-hybridized carbons (Fsp3) is 0.438. The third kappa shape index (κ3) is 6.55. The van der Waals surface area contributed by atoms with Crippen LogP contribution in [-0.4, -0.2) is 46.7 Å². The average Bonchev–Trinajstić information content (AvgIpc) is 2.48. The van der Waals surface area contributed by atoms with E-state index in [0.29, 0.717) is 10.6 Å². The molecule has 0 saturated heterocycles. The van der Waals surface area contributed by atoms with E-state index >= 15 is 0 Å². The smallest absolute Gasteiger partial charge is 0.322 e. The molecule has 0 aliphatic carbocycles. The van der Waals surface area contributed by atoms with Gasteiger partial charge in [-0.15, -0.1) is 0 Å². The van der Waals surface area contributed by atoms with Crippen molar-refractivity contribution in [3.05, 3.63) is 34.9 Å². The van der Waals surface area contributed by atoms with Gasteiger partial charge in [0.15, 0.2) is 0 Å². The van der Waals surface area contributed by atoms with E-state index in [1.807, 2.05) is 13.8 Å². The van der Waals surface area contributed by atoms with Crippen LogP contribution in [0.15, 0.2) is 24.3 Å². The van der Waals surface area contributed by atoms with E-state index < -0.39 is 29.9 Å². The van der Waals surface area contributed by atoms with Crippen molar-refractivity contribution in [3.63, 3.8) is 0 Å². The second-order valence-electron chi connectivity index (χ2n) is 5.80. The van der Waals surface area contributed by atoms with Gasteiger partial charge in [-0.1, -0.05) is 31.5 Å². The van der Waals surface area contributed by atoms with Gasteiger partial charge in [0.05, 0.1) is 0 Å². The first-order valence-electron chi connectivity index (χ1n) is 7.46. The highest BCUT2D eigenvalue weighted by Crippen LogP contribution is 2.10. The van der Waals surface area contributed by atoms with Crippen molar-refractivity contribution in [1.29, 1.82) is 0 Å². The molecule has 0 fully saturated rings. The minimum absolute atomic E-state index is 0.0779. The van der Waals surface area contributed by atoms with E-state index in [2.05, 4.69) is 10.6 Å². The molecule has 1 amide bonds. The molecule has 1 aromatic carbocycles. The van der Waals surface area contributed by atoms with Gasteiger partial charge in [-0.2, -0.15) is 0 Å². The van der Waals surface area contributed by atoms with Crippen LogP contribution >= 0.6 is 11.6 Å². The Morgan fingerprint density at radius 1 is 1.12 bits per heavy atom. The highest BCUT2D eigenvalue weighted by atomic mass is 35.5. The number of rotatable bonds is 9. The predicted octanol–water partition coefficient (Wildman–Crippen LogP) is 1.61. The topological polar surface area (TPSA) is 116 Å². The van der Waals surface area contributed by atoms with Crippen molar-refractivity contribution in [1.82, 2.24) is 10.6 Å². The highest BCUT2D eigenvalue weighted by molar-refractivity contribution is 6.30. The Morgan fingerprint density at radius 3 is 2.25 bits per heavy atom. The third-order valence-corrected chi connectivity index (χ3v) is 3.49. The normalized spacial score (nSPS) is 13.3. The maximum Gasteiger partial charge on any atom is 0.322 e. The second kappa shape index (κ2) is 9.24. The van der Waals surface area contributed by atoms with Crippen LogP contribution in [0.3, 0.4) is 0 Å². The zero-order valence-electron chi connectivity index (χ0n) is 13.5. The molecule has 0 heterocycles. The molecule has 0 bridgehead atoms. The molecule has 0 spiro atoms. The molecule has 7 nitrogen and oxygen atoms in total. The maximum atomic E-state index is 12.0. The van der Waals surface area contributed by atoms with Crippen molar-refractivity contribution >= 4 is 29.4 Å². The minimum Gasteiger partial charge on any atom is -0.480 e. The van der Waals surface area contributed by atoms with E-state index in [1.165, 1.54) is 6.07 Å². The van der Waals surface area contributed by atoms with Crippen molar-refractivity contribution in [3.8, 4) is 0 Å². The third-order valence-electron chi connectivity index (χ3n) is 3.26. The Labute approximate surface area is 145 Å². The average molecular weight is 357 g/mol. The summed E-state index contributed by atoms with van der Waals surface area (Å²) in [6, 6.07) is 4.00. The zero-order valence-corrected chi connectivity index (χ0v) is 14.2.